The molecule has 0 aliphatic rings. The van der Waals surface area contributed by atoms with Crippen molar-refractivity contribution in [2.75, 3.05) is 0 Å². The van der Waals surface area contributed by atoms with Gasteiger partial charge in [0, 0.05) is 40.9 Å². The van der Waals surface area contributed by atoms with Crippen molar-refractivity contribution in [3.05, 3.63) is 0 Å². The van der Waals surface area contributed by atoms with Crippen molar-refractivity contribution in [2.45, 2.75) is 0 Å². The molecule has 4 heteroatoms. The fourth-order valence-corrected chi connectivity index (χ4v) is 0. The molecule has 0 heterocycles. The van der Waals surface area contributed by atoms with Crippen LogP contribution in [0.4, 0.5) is 0 Å². The van der Waals surface area contributed by atoms with Crippen LogP contribution in [0, 0.1) is 0 Å². The van der Waals surface area contributed by atoms with Crippen LogP contribution in [-0.4, -0.2) is 0 Å². The molecule has 0 saturated carbocycles. The normalized spacial score (nSPS) is 1.00. The van der Waals surface area contributed by atoms with Gasteiger partial charge in [-0.3, -0.25) is 0 Å². The third kappa shape index (κ3) is 9.18. The van der Waals surface area contributed by atoms with Crippen molar-refractivity contribution in [2.24, 2.45) is 0 Å². The second kappa shape index (κ2) is 21.3. The molecular weight excluding hydrogens is 271 g/mol. The zero-order valence-electron chi connectivity index (χ0n) is 1.57. The maximum Gasteiger partial charge on any atom is 0 e. The van der Waals surface area contributed by atoms with E-state index in [9.17, 15) is 0 Å². The maximum absolute atomic E-state index is 8.26. The summed E-state index contributed by atoms with van der Waals surface area (Å²) in [5, 5.41) is 0. The molecule has 0 rings (SSSR count). The summed E-state index contributed by atoms with van der Waals surface area (Å²) in [6.45, 7) is 0. The zero-order valence-corrected chi connectivity index (χ0v) is 6.45. The van der Waals surface area contributed by atoms with Gasteiger partial charge in [-0.05, 0) is 0 Å². The third-order valence-corrected chi connectivity index (χ3v) is 0. The van der Waals surface area contributed by atoms with Crippen LogP contribution in [0.1, 0.15) is 0 Å². The third-order valence-electron chi connectivity index (χ3n) is 0. The van der Waals surface area contributed by atoms with E-state index >= 15 is 0 Å². The maximum atomic E-state index is 8.26. The predicted molar refractivity (Wildman–Crippen MR) is 0.686 cm³/mol. The molecule has 0 saturated heterocycles. The van der Waals surface area contributed by atoms with Crippen molar-refractivity contribution in [1.29, 1.82) is 0 Å². The van der Waals surface area contributed by atoms with Gasteiger partial charge < -0.3 is 0 Å². The van der Waals surface area contributed by atoms with Crippen molar-refractivity contribution >= 4 is 0 Å². The van der Waals surface area contributed by atoms with E-state index in [1.165, 1.54) is 0 Å². The molecule has 2 radical (unpaired) electrons. The average Bonchev–Trinajstić information content (AvgIpc) is 1.00. The summed E-state index contributed by atoms with van der Waals surface area (Å²) in [5.41, 5.74) is 0. The van der Waals surface area contributed by atoms with E-state index < -0.39 is 0 Å². The SMILES string of the molecule is [Ag].[O]=[Mo].[V]. The number of hydrogen-bond donors (Lipinski definition) is 0. The Bertz CT molecular complexity index is 8.00. The molecule has 0 aromatic carbocycles. The summed E-state index contributed by atoms with van der Waals surface area (Å²) in [6, 6.07) is 0. The zero-order chi connectivity index (χ0) is 2.00. The summed E-state index contributed by atoms with van der Waals surface area (Å²) in [6.07, 6.45) is 0. The number of hydrogen-bond acceptors (Lipinski definition) is 1. The Morgan fingerprint density at radius 2 is 1.25 bits per heavy atom. The van der Waals surface area contributed by atoms with Gasteiger partial charge in [0.15, 0.2) is 0 Å². The van der Waals surface area contributed by atoms with Gasteiger partial charge in [-0.15, -0.1) is 0 Å². The van der Waals surface area contributed by atoms with Gasteiger partial charge in [-0.25, -0.2) is 0 Å². The van der Waals surface area contributed by atoms with Crippen LogP contribution in [0.3, 0.4) is 0 Å². The molecule has 0 aliphatic heterocycles. The molecule has 28 valence electrons. The molecule has 4 heavy (non-hydrogen) atoms. The fourth-order valence-electron chi connectivity index (χ4n) is 0. The summed E-state index contributed by atoms with van der Waals surface area (Å²) < 4.78 is 8.26. The molecule has 1 nitrogen and oxygen atoms in total. The monoisotopic (exact) mass is 272 g/mol. The largest absolute Gasteiger partial charge is 0 e. The molecule has 0 N–H and O–H groups in total. The Kier molecular flexibility index (Phi) is 90.6. The van der Waals surface area contributed by atoms with Crippen LogP contribution in [0.5, 0.6) is 0 Å². The van der Waals surface area contributed by atoms with Crippen LogP contribution >= 0.6 is 0 Å². The van der Waals surface area contributed by atoms with E-state index in [-0.39, 0.29) is 40.9 Å². The molecule has 0 aromatic heterocycles. The quantitative estimate of drug-likeness (QED) is 0.561. The number of rotatable bonds is 0. The van der Waals surface area contributed by atoms with Crippen LogP contribution in [-0.2, 0) is 64.1 Å². The molecule has 0 fully saturated rings. The van der Waals surface area contributed by atoms with Gasteiger partial charge in [0.1, 0.15) is 0 Å². The Labute approximate surface area is 63.5 Å². The second-order valence-corrected chi connectivity index (χ2v) is 0. The smallest absolute Gasteiger partial charge is 0 e. The molecule has 0 aromatic rings. The van der Waals surface area contributed by atoms with Crippen molar-refractivity contribution in [1.82, 2.24) is 0 Å². The van der Waals surface area contributed by atoms with Crippen LogP contribution < -0.4 is 0 Å². The fraction of sp³-hybridized carbons (Fsp3) is 0. The van der Waals surface area contributed by atoms with Crippen molar-refractivity contribution in [3.8, 4) is 0 Å². The summed E-state index contributed by atoms with van der Waals surface area (Å²) >= 11 is 0.700. The second-order valence-electron chi connectivity index (χ2n) is 0. The van der Waals surface area contributed by atoms with E-state index in [0.717, 1.165) is 0 Å². The van der Waals surface area contributed by atoms with Gasteiger partial charge in [-0.2, -0.15) is 0 Å². The van der Waals surface area contributed by atoms with Gasteiger partial charge >= 0.3 is 23.2 Å². The van der Waals surface area contributed by atoms with Crippen molar-refractivity contribution in [3.63, 3.8) is 0 Å². The van der Waals surface area contributed by atoms with E-state index in [4.69, 9.17) is 3.40 Å². The molecule has 0 atom stereocenters. The average molecular weight is 271 g/mol. The van der Waals surface area contributed by atoms with E-state index in [0.29, 0.717) is 19.8 Å². The minimum Gasteiger partial charge on any atom is 0 e. The van der Waals surface area contributed by atoms with Crippen LogP contribution in [0.15, 0.2) is 0 Å². The van der Waals surface area contributed by atoms with Crippen LogP contribution in [0.2, 0.25) is 0 Å². The molecule has 0 amide bonds. The van der Waals surface area contributed by atoms with Crippen molar-refractivity contribution < 1.29 is 64.1 Å². The van der Waals surface area contributed by atoms with Crippen LogP contribution in [0.25, 0.3) is 0 Å². The Hall–Kier alpha value is 1.81. The van der Waals surface area contributed by atoms with Gasteiger partial charge in [0.25, 0.3) is 0 Å². The first kappa shape index (κ1) is 17.0. The minimum absolute atomic E-state index is 0. The molecule has 0 unspecified atom stereocenters. The first-order chi connectivity index (χ1) is 1.00. The standard InChI is InChI=1S/Ag.Mo.O.V. The van der Waals surface area contributed by atoms with Gasteiger partial charge in [0.05, 0.1) is 0 Å². The van der Waals surface area contributed by atoms with E-state index in [2.05, 4.69) is 0 Å². The molecule has 0 aliphatic carbocycles. The first-order valence-corrected chi connectivity index (χ1v) is 0.986. The Morgan fingerprint density at radius 1 is 1.25 bits per heavy atom. The van der Waals surface area contributed by atoms with Gasteiger partial charge in [-0.1, -0.05) is 0 Å². The Morgan fingerprint density at radius 3 is 1.25 bits per heavy atom. The summed E-state index contributed by atoms with van der Waals surface area (Å²) in [5.74, 6) is 0. The van der Waals surface area contributed by atoms with E-state index in [1.54, 1.807) is 0 Å². The summed E-state index contributed by atoms with van der Waals surface area (Å²) in [4.78, 5) is 0. The van der Waals surface area contributed by atoms with Gasteiger partial charge in [0.2, 0.25) is 0 Å². The molecule has 0 spiro atoms. The molecular formula is AgMoOV. The first-order valence-electron chi connectivity index (χ1n) is 0.167. The molecule has 0 bridgehead atoms. The topological polar surface area (TPSA) is 17.1 Å². The summed E-state index contributed by atoms with van der Waals surface area (Å²) in [7, 11) is 0. The minimum atomic E-state index is 0. The van der Waals surface area contributed by atoms with E-state index in [1.807, 2.05) is 0 Å². The predicted octanol–water partition coefficient (Wildman–Crippen LogP) is -0.126. The Balaban J connectivity index is -0.00000000500.